The third-order valence-electron chi connectivity index (χ3n) is 0.481. The summed E-state index contributed by atoms with van der Waals surface area (Å²) in [4.78, 5) is 0. The number of halogens is 1. The zero-order valence-electron chi connectivity index (χ0n) is 3.98. The maximum Gasteiger partial charge on any atom is 0.192 e. The van der Waals surface area contributed by atoms with E-state index in [0.29, 0.717) is 0 Å². The van der Waals surface area contributed by atoms with Crippen LogP contribution in [0.2, 0.25) is 0 Å². The highest BCUT2D eigenvalue weighted by Gasteiger charge is 1.99. The average molecular weight is 136 g/mol. The molecule has 8 heavy (non-hydrogen) atoms. The molecule has 0 saturated carbocycles. The molecule has 46 valence electrons. The van der Waals surface area contributed by atoms with Crippen molar-refractivity contribution in [3.8, 4) is 0 Å². The van der Waals surface area contributed by atoms with E-state index in [4.69, 9.17) is 33.6 Å². The largest absolute Gasteiger partial charge is 0.502 e. The van der Waals surface area contributed by atoms with Gasteiger partial charge < -0.3 is 16.6 Å². The van der Waals surface area contributed by atoms with Gasteiger partial charge in [-0.15, -0.1) is 0 Å². The molecule has 4 nitrogen and oxygen atoms in total. The molecule has 0 radical (unpaired) electrons. The van der Waals surface area contributed by atoms with Gasteiger partial charge in [0.05, 0.1) is 0 Å². The van der Waals surface area contributed by atoms with E-state index in [1.807, 2.05) is 0 Å². The maximum atomic E-state index is 8.48. The molecule has 0 atom stereocenters. The Balaban J connectivity index is 4.23. The highest BCUT2D eigenvalue weighted by molar-refractivity contribution is 6.31. The third-order valence-corrected chi connectivity index (χ3v) is 0.660. The standard InChI is InChI=1S/C3H6ClN3O/c4-2(5)1(8)3(6)7/h8H,5H2,(H3,6,7)/b2-1+. The molecule has 0 aromatic carbocycles. The number of hydrogen-bond acceptors (Lipinski definition) is 3. The van der Waals surface area contributed by atoms with E-state index in [-0.39, 0.29) is 5.16 Å². The fourth-order valence-electron chi connectivity index (χ4n) is 0.129. The van der Waals surface area contributed by atoms with E-state index in [2.05, 4.69) is 0 Å². The third kappa shape index (κ3) is 1.70. The van der Waals surface area contributed by atoms with Gasteiger partial charge in [0.1, 0.15) is 5.16 Å². The van der Waals surface area contributed by atoms with Gasteiger partial charge >= 0.3 is 0 Å². The fraction of sp³-hybridized carbons (Fsp3) is 0. The summed E-state index contributed by atoms with van der Waals surface area (Å²) in [5, 5.41) is 14.6. The van der Waals surface area contributed by atoms with Gasteiger partial charge in [0.15, 0.2) is 11.6 Å². The average Bonchev–Trinajstić information content (AvgIpc) is 1.64. The van der Waals surface area contributed by atoms with Crippen molar-refractivity contribution >= 4 is 17.4 Å². The van der Waals surface area contributed by atoms with E-state index < -0.39 is 11.6 Å². The zero-order chi connectivity index (χ0) is 6.73. The molecule has 0 aliphatic carbocycles. The topological polar surface area (TPSA) is 96.1 Å². The van der Waals surface area contributed by atoms with Gasteiger partial charge in [0.2, 0.25) is 0 Å². The number of hydrogen-bond donors (Lipinski definition) is 4. The Morgan fingerprint density at radius 2 is 1.88 bits per heavy atom. The minimum atomic E-state index is -0.577. The zero-order valence-corrected chi connectivity index (χ0v) is 4.74. The van der Waals surface area contributed by atoms with Crippen molar-refractivity contribution in [1.82, 2.24) is 0 Å². The van der Waals surface area contributed by atoms with E-state index in [9.17, 15) is 0 Å². The van der Waals surface area contributed by atoms with Crippen molar-refractivity contribution in [2.45, 2.75) is 0 Å². The molecule has 0 spiro atoms. The number of amidine groups is 1. The molecular weight excluding hydrogens is 130 g/mol. The van der Waals surface area contributed by atoms with Crippen LogP contribution < -0.4 is 11.5 Å². The molecule has 0 unspecified atom stereocenters. The molecule has 0 bridgehead atoms. The summed E-state index contributed by atoms with van der Waals surface area (Å²) in [5.41, 5.74) is 9.56. The first kappa shape index (κ1) is 7.10. The molecule has 6 N–H and O–H groups in total. The minimum absolute atomic E-state index is 0.363. The van der Waals surface area contributed by atoms with Crippen molar-refractivity contribution in [3.05, 3.63) is 10.9 Å². The summed E-state index contributed by atoms with van der Waals surface area (Å²) in [5.74, 6) is -1.11. The van der Waals surface area contributed by atoms with Gasteiger partial charge in [-0.3, -0.25) is 5.41 Å². The van der Waals surface area contributed by atoms with Gasteiger partial charge in [-0.1, -0.05) is 11.6 Å². The second-order valence-electron chi connectivity index (χ2n) is 1.11. The van der Waals surface area contributed by atoms with Gasteiger partial charge in [0, 0.05) is 0 Å². The van der Waals surface area contributed by atoms with Crippen molar-refractivity contribution in [1.29, 1.82) is 5.41 Å². The molecule has 0 aromatic heterocycles. The summed E-state index contributed by atoms with van der Waals surface area (Å²) in [6.07, 6.45) is 0. The molecule has 0 aromatic rings. The summed E-state index contributed by atoms with van der Waals surface area (Å²) >= 11 is 5.01. The monoisotopic (exact) mass is 135 g/mol. The molecule has 0 aliphatic rings. The second kappa shape index (κ2) is 2.42. The van der Waals surface area contributed by atoms with Crippen LogP contribution in [0.1, 0.15) is 0 Å². The van der Waals surface area contributed by atoms with E-state index in [1.54, 1.807) is 0 Å². The van der Waals surface area contributed by atoms with Crippen LogP contribution in [0.4, 0.5) is 0 Å². The van der Waals surface area contributed by atoms with Crippen molar-refractivity contribution in [2.75, 3.05) is 0 Å². The van der Waals surface area contributed by atoms with Crippen LogP contribution >= 0.6 is 11.6 Å². The first-order valence-electron chi connectivity index (χ1n) is 1.74. The summed E-state index contributed by atoms with van der Waals surface area (Å²) in [6.45, 7) is 0. The molecule has 0 rings (SSSR count). The maximum absolute atomic E-state index is 8.48. The Bertz CT molecular complexity index is 137. The van der Waals surface area contributed by atoms with E-state index in [1.165, 1.54) is 0 Å². The SMILES string of the molecule is N=C(N)/C(O)=C(\N)Cl. The lowest BCUT2D eigenvalue weighted by molar-refractivity contribution is 0.438. The lowest BCUT2D eigenvalue weighted by atomic mass is 10.5. The fourth-order valence-corrected chi connectivity index (χ4v) is 0.230. The molecule has 0 saturated heterocycles. The van der Waals surface area contributed by atoms with Crippen molar-refractivity contribution < 1.29 is 5.11 Å². The van der Waals surface area contributed by atoms with Crippen LogP contribution in [0.5, 0.6) is 0 Å². The highest BCUT2D eigenvalue weighted by Crippen LogP contribution is 1.96. The number of aliphatic hydroxyl groups is 1. The van der Waals surface area contributed by atoms with Crippen LogP contribution in [0.25, 0.3) is 0 Å². The van der Waals surface area contributed by atoms with Crippen LogP contribution in [0.15, 0.2) is 10.9 Å². The van der Waals surface area contributed by atoms with Crippen LogP contribution in [-0.2, 0) is 0 Å². The quantitative estimate of drug-likeness (QED) is 0.174. The number of rotatable bonds is 1. The first-order valence-corrected chi connectivity index (χ1v) is 2.12. The number of nitrogens with one attached hydrogen (secondary N) is 1. The van der Waals surface area contributed by atoms with Crippen LogP contribution in [0, 0.1) is 5.41 Å². The Hall–Kier alpha value is -0.900. The van der Waals surface area contributed by atoms with E-state index >= 15 is 0 Å². The van der Waals surface area contributed by atoms with Gasteiger partial charge in [-0.2, -0.15) is 0 Å². The lowest BCUT2D eigenvalue weighted by Crippen LogP contribution is -2.15. The first-order chi connectivity index (χ1) is 3.55. The molecule has 0 heterocycles. The normalized spacial score (nSPS) is 12.6. The number of aliphatic hydroxyl groups excluding tert-OH is 1. The molecule has 0 aliphatic heterocycles. The van der Waals surface area contributed by atoms with Crippen molar-refractivity contribution in [3.63, 3.8) is 0 Å². The van der Waals surface area contributed by atoms with Crippen molar-refractivity contribution in [2.24, 2.45) is 11.5 Å². The lowest BCUT2D eigenvalue weighted by Gasteiger charge is -1.93. The van der Waals surface area contributed by atoms with Gasteiger partial charge in [0.25, 0.3) is 0 Å². The van der Waals surface area contributed by atoms with Gasteiger partial charge in [-0.25, -0.2) is 0 Å². The highest BCUT2D eigenvalue weighted by atomic mass is 35.5. The smallest absolute Gasteiger partial charge is 0.192 e. The Morgan fingerprint density at radius 3 is 1.88 bits per heavy atom. The second-order valence-corrected chi connectivity index (χ2v) is 1.52. The van der Waals surface area contributed by atoms with Crippen LogP contribution in [0.3, 0.4) is 0 Å². The summed E-state index contributed by atoms with van der Waals surface area (Å²) in [7, 11) is 0. The molecule has 0 fully saturated rings. The Labute approximate surface area is 51.2 Å². The molecule has 0 amide bonds. The van der Waals surface area contributed by atoms with E-state index in [0.717, 1.165) is 0 Å². The summed E-state index contributed by atoms with van der Waals surface area (Å²) < 4.78 is 0. The number of nitrogens with two attached hydrogens (primary N) is 2. The van der Waals surface area contributed by atoms with Gasteiger partial charge in [-0.05, 0) is 0 Å². The predicted molar refractivity (Wildman–Crippen MR) is 31.6 cm³/mol. The molecule has 5 heteroatoms. The predicted octanol–water partition coefficient (Wildman–Crippen LogP) is -0.153. The molecular formula is C3H6ClN3O. The Morgan fingerprint density at radius 1 is 1.50 bits per heavy atom. The Kier molecular flexibility index (Phi) is 2.15. The minimum Gasteiger partial charge on any atom is -0.502 e. The summed E-state index contributed by atoms with van der Waals surface area (Å²) in [6, 6.07) is 0. The van der Waals surface area contributed by atoms with Crippen LogP contribution in [-0.4, -0.2) is 10.9 Å².